The minimum Gasteiger partial charge on any atom is -0.351 e. The minimum atomic E-state index is -0.720. The Bertz CT molecular complexity index is 1300. The van der Waals surface area contributed by atoms with E-state index in [-0.39, 0.29) is 30.2 Å². The highest BCUT2D eigenvalue weighted by atomic mass is 16.2. The van der Waals surface area contributed by atoms with Gasteiger partial charge in [0, 0.05) is 25.6 Å². The number of carbonyl (C=O) groups excluding carboxylic acids is 3. The van der Waals surface area contributed by atoms with E-state index in [1.165, 1.54) is 0 Å². The second kappa shape index (κ2) is 13.1. The Balaban J connectivity index is 1.27. The zero-order valence-electron chi connectivity index (χ0n) is 24.8. The molecular formula is C36H42N4O3. The molecule has 6 rings (SSSR count). The smallest absolute Gasteiger partial charge is 0.246 e. The highest BCUT2D eigenvalue weighted by Crippen LogP contribution is 2.43. The van der Waals surface area contributed by atoms with E-state index in [9.17, 15) is 14.4 Å². The zero-order chi connectivity index (χ0) is 29.6. The third-order valence-corrected chi connectivity index (χ3v) is 9.60. The molecule has 0 aromatic heterocycles. The molecule has 2 atom stereocenters. The van der Waals surface area contributed by atoms with Gasteiger partial charge in [0.2, 0.25) is 17.7 Å². The Labute approximate surface area is 254 Å². The van der Waals surface area contributed by atoms with Crippen LogP contribution in [0.3, 0.4) is 0 Å². The lowest BCUT2D eigenvalue weighted by molar-refractivity contribution is -0.147. The van der Waals surface area contributed by atoms with E-state index in [1.807, 2.05) is 54.6 Å². The Hall–Kier alpha value is -3.97. The summed E-state index contributed by atoms with van der Waals surface area (Å²) in [5.41, 5.74) is 2.40. The molecule has 0 spiro atoms. The Morgan fingerprint density at radius 2 is 1.16 bits per heavy atom. The van der Waals surface area contributed by atoms with E-state index < -0.39 is 17.5 Å². The predicted molar refractivity (Wildman–Crippen MR) is 167 cm³/mol. The molecule has 3 aromatic carbocycles. The van der Waals surface area contributed by atoms with E-state index in [4.69, 9.17) is 0 Å². The first kappa shape index (κ1) is 29.1. The maximum atomic E-state index is 14.5. The summed E-state index contributed by atoms with van der Waals surface area (Å²) < 4.78 is 0. The SMILES string of the molecule is O=C(NC1CCNCC1)[C@H]1CCCN1C(=O)[C@@H]1CCCN1C(=O)CC(c1ccccc1)(c1ccccc1)c1ccccc1. The zero-order valence-corrected chi connectivity index (χ0v) is 24.8. The van der Waals surface area contributed by atoms with Crippen molar-refractivity contribution < 1.29 is 14.4 Å². The number of nitrogens with zero attached hydrogens (tertiary/aromatic N) is 2. The van der Waals surface area contributed by atoms with Gasteiger partial charge in [0.05, 0.1) is 5.41 Å². The normalized spacial score (nSPS) is 21.1. The van der Waals surface area contributed by atoms with E-state index >= 15 is 0 Å². The number of likely N-dealkylation sites (tertiary alicyclic amines) is 2. The van der Waals surface area contributed by atoms with Crippen LogP contribution in [0.15, 0.2) is 91.0 Å². The van der Waals surface area contributed by atoms with Crippen LogP contribution in [0.1, 0.15) is 61.6 Å². The van der Waals surface area contributed by atoms with Crippen LogP contribution in [0.25, 0.3) is 0 Å². The van der Waals surface area contributed by atoms with Crippen molar-refractivity contribution in [1.29, 1.82) is 0 Å². The lowest BCUT2D eigenvalue weighted by Crippen LogP contribution is -2.55. The van der Waals surface area contributed by atoms with Crippen LogP contribution >= 0.6 is 0 Å². The summed E-state index contributed by atoms with van der Waals surface area (Å²) >= 11 is 0. The van der Waals surface area contributed by atoms with Gasteiger partial charge in [0.1, 0.15) is 12.1 Å². The van der Waals surface area contributed by atoms with Crippen LogP contribution in [-0.4, -0.2) is 71.8 Å². The number of amides is 3. The summed E-state index contributed by atoms with van der Waals surface area (Å²) in [6.07, 6.45) is 4.88. The molecule has 3 heterocycles. The molecule has 3 aliphatic rings. The Kier molecular flexibility index (Phi) is 8.89. The molecule has 7 nitrogen and oxygen atoms in total. The Morgan fingerprint density at radius 1 is 0.674 bits per heavy atom. The number of nitrogens with one attached hydrogen (secondary N) is 2. The van der Waals surface area contributed by atoms with Crippen LogP contribution < -0.4 is 10.6 Å². The van der Waals surface area contributed by atoms with Gasteiger partial charge in [-0.15, -0.1) is 0 Å². The van der Waals surface area contributed by atoms with Crippen molar-refractivity contribution >= 4 is 17.7 Å². The van der Waals surface area contributed by atoms with Crippen molar-refractivity contribution in [1.82, 2.24) is 20.4 Å². The van der Waals surface area contributed by atoms with Gasteiger partial charge in [0.25, 0.3) is 0 Å². The average molecular weight is 579 g/mol. The van der Waals surface area contributed by atoms with Gasteiger partial charge in [0.15, 0.2) is 0 Å². The molecule has 3 amide bonds. The molecule has 0 unspecified atom stereocenters. The Morgan fingerprint density at radius 3 is 1.70 bits per heavy atom. The molecule has 0 bridgehead atoms. The van der Waals surface area contributed by atoms with Crippen LogP contribution in [0, 0.1) is 0 Å². The molecule has 3 aliphatic heterocycles. The van der Waals surface area contributed by atoms with E-state index in [2.05, 4.69) is 47.0 Å². The molecular weight excluding hydrogens is 536 g/mol. The molecule has 3 fully saturated rings. The fourth-order valence-electron chi connectivity index (χ4n) is 7.38. The number of rotatable bonds is 8. The molecule has 0 saturated carbocycles. The monoisotopic (exact) mass is 578 g/mol. The standard InChI is InChI=1S/C36H42N4O3/c41-33(26-36(27-12-4-1-5-13-27,28-14-6-2-7-15-28)29-16-8-3-9-17-29)39-24-11-19-32(39)35(43)40-25-10-18-31(40)34(42)38-30-20-22-37-23-21-30/h1-9,12-17,30-32,37H,10-11,18-26H2,(H,38,42)/t31-,32+/m1/s1. The molecule has 43 heavy (non-hydrogen) atoms. The first-order valence-electron chi connectivity index (χ1n) is 15.9. The van der Waals surface area contributed by atoms with Gasteiger partial charge in [-0.05, 0) is 68.3 Å². The second-order valence-corrected chi connectivity index (χ2v) is 12.1. The minimum absolute atomic E-state index is 0.0395. The third-order valence-electron chi connectivity index (χ3n) is 9.60. The highest BCUT2D eigenvalue weighted by molar-refractivity contribution is 5.93. The summed E-state index contributed by atoms with van der Waals surface area (Å²) in [7, 11) is 0. The van der Waals surface area contributed by atoms with Gasteiger partial charge in [-0.1, -0.05) is 91.0 Å². The number of benzene rings is 3. The first-order chi connectivity index (χ1) is 21.1. The lowest BCUT2D eigenvalue weighted by Gasteiger charge is -2.38. The van der Waals surface area contributed by atoms with Crippen LogP contribution in [0.2, 0.25) is 0 Å². The maximum Gasteiger partial charge on any atom is 0.246 e. The number of hydrogen-bond acceptors (Lipinski definition) is 4. The van der Waals surface area contributed by atoms with Gasteiger partial charge >= 0.3 is 0 Å². The van der Waals surface area contributed by atoms with Crippen molar-refractivity contribution in [2.24, 2.45) is 0 Å². The van der Waals surface area contributed by atoms with Crippen LogP contribution in [0.4, 0.5) is 0 Å². The van der Waals surface area contributed by atoms with Crippen molar-refractivity contribution in [3.05, 3.63) is 108 Å². The van der Waals surface area contributed by atoms with Crippen molar-refractivity contribution in [3.63, 3.8) is 0 Å². The number of hydrogen-bond donors (Lipinski definition) is 2. The van der Waals surface area contributed by atoms with E-state index in [1.54, 1.807) is 9.80 Å². The van der Waals surface area contributed by atoms with Crippen LogP contribution in [0.5, 0.6) is 0 Å². The number of carbonyl (C=O) groups is 3. The lowest BCUT2D eigenvalue weighted by atomic mass is 9.67. The molecule has 2 N–H and O–H groups in total. The van der Waals surface area contributed by atoms with Gasteiger partial charge in [-0.3, -0.25) is 14.4 Å². The largest absolute Gasteiger partial charge is 0.351 e. The summed E-state index contributed by atoms with van der Waals surface area (Å²) in [6, 6.07) is 29.8. The van der Waals surface area contributed by atoms with Gasteiger partial charge in [-0.2, -0.15) is 0 Å². The van der Waals surface area contributed by atoms with E-state index in [0.29, 0.717) is 25.9 Å². The summed E-state index contributed by atoms with van der Waals surface area (Å²) in [5.74, 6) is -0.175. The molecule has 0 radical (unpaired) electrons. The van der Waals surface area contributed by atoms with Crippen molar-refractivity contribution in [2.75, 3.05) is 26.2 Å². The van der Waals surface area contributed by atoms with Gasteiger partial charge in [-0.25, -0.2) is 0 Å². The van der Waals surface area contributed by atoms with Gasteiger partial charge < -0.3 is 20.4 Å². The third kappa shape index (κ3) is 5.96. The molecule has 7 heteroatoms. The maximum absolute atomic E-state index is 14.5. The quantitative estimate of drug-likeness (QED) is 0.392. The second-order valence-electron chi connectivity index (χ2n) is 12.1. The molecule has 3 saturated heterocycles. The fraction of sp³-hybridized carbons (Fsp3) is 0.417. The van der Waals surface area contributed by atoms with E-state index in [0.717, 1.165) is 55.5 Å². The highest BCUT2D eigenvalue weighted by Gasteiger charge is 2.45. The van der Waals surface area contributed by atoms with Crippen molar-refractivity contribution in [2.45, 2.75) is 68.5 Å². The molecule has 3 aromatic rings. The summed E-state index contributed by atoms with van der Waals surface area (Å²) in [6.45, 7) is 2.90. The van der Waals surface area contributed by atoms with Crippen molar-refractivity contribution in [3.8, 4) is 0 Å². The van der Waals surface area contributed by atoms with Crippen LogP contribution in [-0.2, 0) is 19.8 Å². The summed E-state index contributed by atoms with van der Waals surface area (Å²) in [4.78, 5) is 45.4. The summed E-state index contributed by atoms with van der Waals surface area (Å²) in [5, 5.41) is 6.53. The molecule has 224 valence electrons. The topological polar surface area (TPSA) is 81.8 Å². The first-order valence-corrected chi connectivity index (χ1v) is 15.9. The average Bonchev–Trinajstić information content (AvgIpc) is 3.76. The number of piperidine rings is 1. The molecule has 0 aliphatic carbocycles. The fourth-order valence-corrected chi connectivity index (χ4v) is 7.38. The predicted octanol–water partition coefficient (Wildman–Crippen LogP) is 4.26.